The third-order valence-electron chi connectivity index (χ3n) is 5.05. The first-order chi connectivity index (χ1) is 9.63. The Morgan fingerprint density at radius 1 is 1.30 bits per heavy atom. The predicted octanol–water partition coefficient (Wildman–Crippen LogP) is 1.31. The van der Waals surface area contributed by atoms with E-state index in [1.165, 1.54) is 51.0 Å². The Kier molecular flexibility index (Phi) is 3.73. The lowest BCUT2D eigenvalue weighted by Gasteiger charge is -2.33. The summed E-state index contributed by atoms with van der Waals surface area (Å²) in [6, 6.07) is 0. The maximum absolute atomic E-state index is 5.51. The van der Waals surface area contributed by atoms with Crippen LogP contribution in [0.4, 0.5) is 0 Å². The van der Waals surface area contributed by atoms with E-state index in [0.29, 0.717) is 5.41 Å². The van der Waals surface area contributed by atoms with Gasteiger partial charge in [0.25, 0.3) is 0 Å². The fourth-order valence-electron chi connectivity index (χ4n) is 3.87. The zero-order valence-corrected chi connectivity index (χ0v) is 12.9. The Labute approximate surface area is 121 Å². The molecule has 0 aromatic carbocycles. The van der Waals surface area contributed by atoms with Gasteiger partial charge in [-0.05, 0) is 51.2 Å². The number of piperidine rings is 1. The van der Waals surface area contributed by atoms with Crippen molar-refractivity contribution in [3.63, 3.8) is 0 Å². The number of hydrogen-bond acceptors (Lipinski definition) is 4. The van der Waals surface area contributed by atoms with Crippen molar-refractivity contribution in [2.24, 2.45) is 12.5 Å². The number of aryl methyl sites for hydroxylation is 2. The van der Waals surface area contributed by atoms with Gasteiger partial charge in [-0.15, -0.1) is 0 Å². The number of nitrogens with zero attached hydrogens (tertiary/aromatic N) is 3. The Morgan fingerprint density at radius 3 is 2.75 bits per heavy atom. The molecular formula is C15H26N4O. The second kappa shape index (κ2) is 5.37. The van der Waals surface area contributed by atoms with Gasteiger partial charge in [-0.3, -0.25) is 4.90 Å². The number of rotatable bonds is 3. The van der Waals surface area contributed by atoms with E-state index in [2.05, 4.69) is 22.2 Å². The van der Waals surface area contributed by atoms with Crippen LogP contribution >= 0.6 is 0 Å². The minimum absolute atomic E-state index is 0.564. The molecule has 0 aliphatic carbocycles. The molecule has 1 N–H and O–H groups in total. The van der Waals surface area contributed by atoms with Crippen molar-refractivity contribution >= 4 is 0 Å². The molecule has 0 amide bonds. The van der Waals surface area contributed by atoms with Gasteiger partial charge in [0.2, 0.25) is 5.88 Å². The summed E-state index contributed by atoms with van der Waals surface area (Å²) in [6.45, 7) is 7.85. The van der Waals surface area contributed by atoms with Crippen molar-refractivity contribution in [2.75, 3.05) is 33.3 Å². The molecule has 2 aliphatic heterocycles. The molecule has 1 aromatic heterocycles. The van der Waals surface area contributed by atoms with E-state index in [0.717, 1.165) is 18.1 Å². The largest absolute Gasteiger partial charge is 0.481 e. The number of methoxy groups -OCH3 is 1. The molecule has 0 radical (unpaired) electrons. The standard InChI is InChI=1S/C15H26N4O/c1-12-13(14(20-3)18(2)17-12)10-19-9-6-15(11-19)4-7-16-8-5-15/h16H,4-11H2,1-3H3. The van der Waals surface area contributed by atoms with Crippen molar-refractivity contribution in [2.45, 2.75) is 32.7 Å². The maximum Gasteiger partial charge on any atom is 0.216 e. The lowest BCUT2D eigenvalue weighted by atomic mass is 9.78. The van der Waals surface area contributed by atoms with Crippen molar-refractivity contribution in [3.05, 3.63) is 11.3 Å². The third-order valence-corrected chi connectivity index (χ3v) is 5.05. The van der Waals surface area contributed by atoms with Crippen LogP contribution < -0.4 is 10.1 Å². The summed E-state index contributed by atoms with van der Waals surface area (Å²) in [5.41, 5.74) is 2.91. The Morgan fingerprint density at radius 2 is 2.05 bits per heavy atom. The number of aromatic nitrogens is 2. The molecule has 0 unspecified atom stereocenters. The van der Waals surface area contributed by atoms with Gasteiger partial charge in [0.05, 0.1) is 18.4 Å². The number of nitrogens with one attached hydrogen (secondary N) is 1. The van der Waals surface area contributed by atoms with Crippen LogP contribution in [0, 0.1) is 12.3 Å². The molecular weight excluding hydrogens is 252 g/mol. The summed E-state index contributed by atoms with van der Waals surface area (Å²) in [4.78, 5) is 2.58. The fraction of sp³-hybridized carbons (Fsp3) is 0.800. The Balaban J connectivity index is 1.70. The first-order valence-electron chi connectivity index (χ1n) is 7.63. The highest BCUT2D eigenvalue weighted by Crippen LogP contribution is 2.39. The van der Waals surface area contributed by atoms with Crippen LogP contribution in [0.15, 0.2) is 0 Å². The summed E-state index contributed by atoms with van der Waals surface area (Å²) in [5, 5.41) is 7.96. The molecule has 5 heteroatoms. The maximum atomic E-state index is 5.51. The smallest absolute Gasteiger partial charge is 0.216 e. The molecule has 1 aromatic rings. The minimum Gasteiger partial charge on any atom is -0.481 e. The molecule has 2 saturated heterocycles. The lowest BCUT2D eigenvalue weighted by Crippen LogP contribution is -2.38. The monoisotopic (exact) mass is 278 g/mol. The van der Waals surface area contributed by atoms with Crippen LogP contribution in [0.5, 0.6) is 5.88 Å². The first kappa shape index (κ1) is 13.9. The molecule has 2 aliphatic rings. The summed E-state index contributed by atoms with van der Waals surface area (Å²) in [5.74, 6) is 0.911. The van der Waals surface area contributed by atoms with Crippen LogP contribution in [-0.4, -0.2) is 48.0 Å². The van der Waals surface area contributed by atoms with Gasteiger partial charge in [0.15, 0.2) is 0 Å². The van der Waals surface area contributed by atoms with Crippen molar-refractivity contribution in [1.29, 1.82) is 0 Å². The van der Waals surface area contributed by atoms with E-state index in [-0.39, 0.29) is 0 Å². The molecule has 1 spiro atoms. The van der Waals surface area contributed by atoms with Crippen LogP contribution in [-0.2, 0) is 13.6 Å². The van der Waals surface area contributed by atoms with E-state index in [4.69, 9.17) is 4.74 Å². The van der Waals surface area contributed by atoms with E-state index >= 15 is 0 Å². The molecule has 3 heterocycles. The highest BCUT2D eigenvalue weighted by atomic mass is 16.5. The molecule has 0 saturated carbocycles. The van der Waals surface area contributed by atoms with Crippen LogP contribution in [0.3, 0.4) is 0 Å². The van der Waals surface area contributed by atoms with Crippen LogP contribution in [0.1, 0.15) is 30.5 Å². The zero-order chi connectivity index (χ0) is 14.2. The zero-order valence-electron chi connectivity index (χ0n) is 12.9. The normalized spacial score (nSPS) is 22.6. The van der Waals surface area contributed by atoms with Crippen molar-refractivity contribution in [3.8, 4) is 5.88 Å². The SMILES string of the molecule is COc1c(CN2CCC3(CCNCC3)C2)c(C)nn1C. The molecule has 0 bridgehead atoms. The van der Waals surface area contributed by atoms with Gasteiger partial charge < -0.3 is 10.1 Å². The van der Waals surface area contributed by atoms with E-state index in [1.807, 2.05) is 11.7 Å². The minimum atomic E-state index is 0.564. The average Bonchev–Trinajstić information content (AvgIpc) is 2.93. The molecule has 5 nitrogen and oxygen atoms in total. The van der Waals surface area contributed by atoms with Crippen LogP contribution in [0.2, 0.25) is 0 Å². The van der Waals surface area contributed by atoms with Crippen molar-refractivity contribution in [1.82, 2.24) is 20.0 Å². The number of hydrogen-bond donors (Lipinski definition) is 1. The molecule has 20 heavy (non-hydrogen) atoms. The summed E-state index contributed by atoms with van der Waals surface area (Å²) < 4.78 is 7.36. The van der Waals surface area contributed by atoms with Gasteiger partial charge in [-0.1, -0.05) is 0 Å². The lowest BCUT2D eigenvalue weighted by molar-refractivity contribution is 0.193. The summed E-state index contributed by atoms with van der Waals surface area (Å²) in [7, 11) is 3.69. The van der Waals surface area contributed by atoms with Gasteiger partial charge in [-0.25, -0.2) is 4.68 Å². The number of ether oxygens (including phenoxy) is 1. The van der Waals surface area contributed by atoms with E-state index < -0.39 is 0 Å². The van der Waals surface area contributed by atoms with Gasteiger partial charge in [0, 0.05) is 20.1 Å². The first-order valence-corrected chi connectivity index (χ1v) is 7.63. The van der Waals surface area contributed by atoms with Crippen LogP contribution in [0.25, 0.3) is 0 Å². The quantitative estimate of drug-likeness (QED) is 0.905. The second-order valence-corrected chi connectivity index (χ2v) is 6.41. The molecule has 112 valence electrons. The van der Waals surface area contributed by atoms with E-state index in [1.54, 1.807) is 7.11 Å². The summed E-state index contributed by atoms with van der Waals surface area (Å²) >= 11 is 0. The molecule has 2 fully saturated rings. The molecule has 0 atom stereocenters. The van der Waals surface area contributed by atoms with Gasteiger partial charge in [0.1, 0.15) is 0 Å². The Bertz CT molecular complexity index is 476. The predicted molar refractivity (Wildman–Crippen MR) is 78.9 cm³/mol. The van der Waals surface area contributed by atoms with Crippen molar-refractivity contribution < 1.29 is 4.74 Å². The molecule has 3 rings (SSSR count). The Hall–Kier alpha value is -1.07. The summed E-state index contributed by atoms with van der Waals surface area (Å²) in [6.07, 6.45) is 4.00. The average molecular weight is 278 g/mol. The highest BCUT2D eigenvalue weighted by molar-refractivity contribution is 5.31. The highest BCUT2D eigenvalue weighted by Gasteiger charge is 2.39. The fourth-order valence-corrected chi connectivity index (χ4v) is 3.87. The second-order valence-electron chi connectivity index (χ2n) is 6.41. The topological polar surface area (TPSA) is 42.3 Å². The third kappa shape index (κ3) is 2.44. The van der Waals surface area contributed by atoms with Gasteiger partial charge in [-0.2, -0.15) is 5.10 Å². The number of likely N-dealkylation sites (tertiary alicyclic amines) is 1. The van der Waals surface area contributed by atoms with E-state index in [9.17, 15) is 0 Å². The van der Waals surface area contributed by atoms with Gasteiger partial charge >= 0.3 is 0 Å².